The van der Waals surface area contributed by atoms with Crippen LogP contribution in [-0.2, 0) is 149 Å². The molecule has 0 bridgehead atoms. The molecular weight excluding hydrogens is 1830 g/mol. The van der Waals surface area contributed by atoms with Crippen molar-refractivity contribution in [2.24, 2.45) is 0 Å². The number of halogens is 1. The van der Waals surface area contributed by atoms with Gasteiger partial charge in [0, 0.05) is 97.7 Å². The molecule has 764 valence electrons. The number of aryl methyl sites for hydroxylation is 1. The number of anilines is 1. The Kier molecular flexibility index (Phi) is 42.2. The Bertz CT molecular complexity index is 5370. The number of unbranched alkanes of at least 4 members (excludes halogenated alkanes) is 2. The van der Waals surface area contributed by atoms with E-state index in [1.807, 2.05) is 67.1 Å². The number of cyclic esters (lactones) is 1. The van der Waals surface area contributed by atoms with Gasteiger partial charge in [0.25, 0.3) is 5.56 Å². The molecule has 3 aromatic heterocycles. The summed E-state index contributed by atoms with van der Waals surface area (Å²) in [6, 6.07) is 20.6. The second-order valence-corrected chi connectivity index (χ2v) is 34.4. The van der Waals surface area contributed by atoms with Gasteiger partial charge in [-0.2, -0.15) is 0 Å². The van der Waals surface area contributed by atoms with E-state index in [9.17, 15) is 68.7 Å². The summed E-state index contributed by atoms with van der Waals surface area (Å²) >= 11 is 0. The lowest BCUT2D eigenvalue weighted by Crippen LogP contribution is -2.61. The van der Waals surface area contributed by atoms with E-state index in [1.54, 1.807) is 25.9 Å². The Morgan fingerprint density at radius 2 is 1.22 bits per heavy atom. The number of methoxy groups -OCH3 is 1. The lowest BCUT2D eigenvalue weighted by molar-refractivity contribution is -0.271. The van der Waals surface area contributed by atoms with Crippen LogP contribution in [0.4, 0.5) is 14.9 Å². The zero-order valence-electron chi connectivity index (χ0n) is 79.8. The van der Waals surface area contributed by atoms with Crippen LogP contribution in [-0.4, -0.2) is 307 Å². The molecule has 12 rings (SSSR count). The predicted octanol–water partition coefficient (Wildman–Crippen LogP) is 5.44. The summed E-state index contributed by atoms with van der Waals surface area (Å²) in [5.74, 6) is -5.39. The monoisotopic (exact) mass is 1960 g/mol. The molecule has 42 heteroatoms. The molecule has 0 saturated carbocycles. The van der Waals surface area contributed by atoms with Crippen LogP contribution in [0, 0.1) is 12.7 Å². The van der Waals surface area contributed by atoms with Crippen LogP contribution in [0.1, 0.15) is 154 Å². The summed E-state index contributed by atoms with van der Waals surface area (Å²) in [5.41, 5.74) is 5.61. The summed E-state index contributed by atoms with van der Waals surface area (Å²) < 4.78 is 107. The fraction of sp³-hybridized carbons (Fsp3) is 0.571. The Hall–Kier alpha value is -11.0. The number of nitrogens with zero attached hydrogens (tertiary/aromatic N) is 6. The van der Waals surface area contributed by atoms with E-state index in [2.05, 4.69) is 36.9 Å². The number of amides is 6. The first-order valence-corrected chi connectivity index (χ1v) is 47.7. The number of carbonyl (C=O) groups is 8. The molecule has 5 aliphatic rings. The first kappa shape index (κ1) is 108. The molecule has 0 unspecified atom stereocenters. The van der Waals surface area contributed by atoms with E-state index < -0.39 is 102 Å². The number of para-hydroxylation sites is 1. The van der Waals surface area contributed by atoms with Gasteiger partial charge in [-0.25, -0.2) is 28.4 Å². The molecule has 140 heavy (non-hydrogen) atoms. The third-order valence-corrected chi connectivity index (χ3v) is 24.4. The van der Waals surface area contributed by atoms with Crippen LogP contribution >= 0.6 is 0 Å². The summed E-state index contributed by atoms with van der Waals surface area (Å²) in [6.07, 6.45) is -9.24. The first-order valence-electron chi connectivity index (χ1n) is 47.7. The van der Waals surface area contributed by atoms with Crippen molar-refractivity contribution < 1.29 is 144 Å². The van der Waals surface area contributed by atoms with Gasteiger partial charge in [0.15, 0.2) is 11.7 Å². The van der Waals surface area contributed by atoms with Gasteiger partial charge in [-0.15, -0.1) is 5.10 Å². The van der Waals surface area contributed by atoms with E-state index in [4.69, 9.17) is 80.8 Å². The number of esters is 1. The summed E-state index contributed by atoms with van der Waals surface area (Å²) in [4.78, 5) is 130. The molecule has 1 fully saturated rings. The van der Waals surface area contributed by atoms with E-state index in [1.165, 1.54) is 34.9 Å². The molecule has 10 N–H and O–H groups in total. The smallest absolute Gasteiger partial charge is 0.407 e. The number of hydrogen-bond donors (Lipinski definition) is 10. The van der Waals surface area contributed by atoms with Crippen molar-refractivity contribution >= 4 is 64.2 Å². The number of aromatic nitrogens is 5. The molecule has 8 atom stereocenters. The van der Waals surface area contributed by atoms with Crippen molar-refractivity contribution in [2.45, 2.75) is 192 Å². The standard InChI is InChI=1S/C98H130FN11O30/c1-6-98(124)71-54-77-85-69(58-109(77)93(119)70(71)60-137-96(98)122)84-73(24-23-66-62(4)72(99)55-75(104-85)83(66)84)105-97(123)138-59-63-22-25-78(139-95-90(117)88(115)89(116)91(140-95)94(120)121)65(53-63)56-102-79(111)26-29-101-92(118)74(103-81(113)20-11-12-21-82(114)108-57-64-15-7-8-16-67(64)87-86(106-107-110(87)61(2)3)68-17-9-10-19-76(68)108)18-13-14-28-100-80(112)27-30-126-33-34-128-37-38-130-41-42-132-45-46-134-49-50-136-52-51-135-48-47-133-44-43-131-40-39-129-36-35-127-32-31-125-5/h7-10,15-17,19,22,25,53-55,61,73-74,88-91,95,115-117,124H,6,11-14,18,20-21,23-24,26-52,56-60H2,1-5H3,(H,100,112)(H,101,118)(H,102,111)(H,103,113)(H,105,123)(H,120,121)/t73-,74-,88-,89-,90+,91-,95+,98-/m0/s1. The molecule has 4 aliphatic heterocycles. The Morgan fingerprint density at radius 1 is 0.621 bits per heavy atom. The highest BCUT2D eigenvalue weighted by Crippen LogP contribution is 2.47. The third kappa shape index (κ3) is 29.4. The van der Waals surface area contributed by atoms with Crippen molar-refractivity contribution in [3.8, 4) is 39.7 Å². The molecular formula is C98H130FN11O30. The number of carboxylic acid groups (broad SMARTS) is 1. The van der Waals surface area contributed by atoms with Crippen LogP contribution in [0.25, 0.3) is 44.8 Å². The van der Waals surface area contributed by atoms with E-state index in [0.717, 1.165) is 22.4 Å². The average molecular weight is 1960 g/mol. The van der Waals surface area contributed by atoms with Crippen molar-refractivity contribution in [1.82, 2.24) is 51.1 Å². The highest BCUT2D eigenvalue weighted by Gasteiger charge is 2.50. The number of aliphatic hydroxyl groups excluding tert-OH is 3. The zero-order chi connectivity index (χ0) is 99.5. The first-order chi connectivity index (χ1) is 67.9. The van der Waals surface area contributed by atoms with Gasteiger partial charge in [-0.1, -0.05) is 60.7 Å². The molecule has 0 spiro atoms. The molecule has 7 heterocycles. The molecule has 41 nitrogen and oxygen atoms in total. The Balaban J connectivity index is 0.591. The fourth-order valence-electron chi connectivity index (χ4n) is 17.0. The van der Waals surface area contributed by atoms with Crippen LogP contribution in [0.5, 0.6) is 5.75 Å². The molecule has 1 saturated heterocycles. The summed E-state index contributed by atoms with van der Waals surface area (Å²) in [7, 11) is 1.63. The molecule has 6 amide bonds. The van der Waals surface area contributed by atoms with Gasteiger partial charge in [0.1, 0.15) is 54.8 Å². The number of benzene rings is 4. The number of hydrogen-bond acceptors (Lipinski definition) is 32. The molecule has 7 aromatic rings. The number of aliphatic hydroxyl groups is 4. The second-order valence-electron chi connectivity index (χ2n) is 34.4. The number of carbonyl (C=O) groups excluding carboxylic acids is 7. The number of carboxylic acids is 1. The predicted molar refractivity (Wildman–Crippen MR) is 500 cm³/mol. The van der Waals surface area contributed by atoms with Crippen molar-refractivity contribution in [3.05, 3.63) is 145 Å². The summed E-state index contributed by atoms with van der Waals surface area (Å²) in [5, 5.41) is 77.6. The quantitative estimate of drug-likeness (QED) is 0.0168. The maximum Gasteiger partial charge on any atom is 0.407 e. The van der Waals surface area contributed by atoms with Crippen molar-refractivity contribution in [3.63, 3.8) is 0 Å². The lowest BCUT2D eigenvalue weighted by Gasteiger charge is -2.38. The molecule has 0 radical (unpaired) electrons. The number of rotatable bonds is 61. The van der Waals surface area contributed by atoms with Gasteiger partial charge in [-0.05, 0) is 124 Å². The fourth-order valence-corrected chi connectivity index (χ4v) is 17.0. The average Bonchev–Trinajstić information content (AvgIpc) is 1.53. The second kappa shape index (κ2) is 54.8. The highest BCUT2D eigenvalue weighted by molar-refractivity contribution is 6.00. The van der Waals surface area contributed by atoms with Crippen molar-refractivity contribution in [1.29, 1.82) is 0 Å². The van der Waals surface area contributed by atoms with Gasteiger partial charge in [0.05, 0.1) is 205 Å². The third-order valence-electron chi connectivity index (χ3n) is 24.4. The van der Waals surface area contributed by atoms with E-state index in [0.29, 0.717) is 202 Å². The molecule has 1 aliphatic carbocycles. The van der Waals surface area contributed by atoms with Gasteiger partial charge >= 0.3 is 18.0 Å². The Morgan fingerprint density at radius 3 is 1.84 bits per heavy atom. The van der Waals surface area contributed by atoms with Gasteiger partial charge in [0.2, 0.25) is 35.8 Å². The lowest BCUT2D eigenvalue weighted by atomic mass is 9.81. The van der Waals surface area contributed by atoms with E-state index in [-0.39, 0.29) is 168 Å². The normalized spacial score (nSPS) is 18.0. The molecule has 4 aromatic carbocycles. The summed E-state index contributed by atoms with van der Waals surface area (Å²) in [6.45, 7) is 15.9. The topological polar surface area (TPSA) is 514 Å². The number of fused-ring (bicyclic) bond motifs is 10. The van der Waals surface area contributed by atoms with Crippen LogP contribution in [0.15, 0.2) is 83.7 Å². The van der Waals surface area contributed by atoms with Crippen LogP contribution < -0.4 is 41.8 Å². The van der Waals surface area contributed by atoms with Crippen molar-refractivity contribution in [2.75, 3.05) is 177 Å². The minimum absolute atomic E-state index is 0.00229. The largest absolute Gasteiger partial charge is 0.479 e. The highest BCUT2D eigenvalue weighted by atomic mass is 19.1. The number of ether oxygens (including phenoxy) is 16. The SMILES string of the molecule is CC[C@@]1(O)C(=O)OCc2c1cc1n(c2=O)Cc2c-1nc1cc(F)c(C)c3c1c2[C@@H](NC(=O)OCc1ccc(O[C@@H]2O[C@H](C(=O)O)[C@@H](O)[C@H](O)[C@H]2O)c(CNC(=O)CCNC(=O)[C@H](CCCCNC(=O)CCOCCOCCOCCOCCOCCOCCOCCOCCOCCOCCOCCOC)NC(=O)CCCCC(=O)N2Cc4ccccc4-c4c(nnn4C(C)C)-c4ccccc42)c1)CC3. The Labute approximate surface area is 809 Å². The number of nitrogens with one attached hydrogen (secondary N) is 5. The van der Waals surface area contributed by atoms with E-state index >= 15 is 4.39 Å². The zero-order valence-corrected chi connectivity index (χ0v) is 79.8. The number of pyridine rings is 2. The van der Waals surface area contributed by atoms with Crippen LogP contribution in [0.3, 0.4) is 0 Å². The number of alkyl carbamates (subject to hydrolysis) is 1. The maximum absolute atomic E-state index is 15.8. The number of aliphatic carboxylic acids is 1. The maximum atomic E-state index is 15.8. The van der Waals surface area contributed by atoms with Gasteiger partial charge in [-0.3, -0.25) is 28.8 Å². The van der Waals surface area contributed by atoms with Crippen LogP contribution in [0.2, 0.25) is 0 Å². The minimum atomic E-state index is -2.12. The van der Waals surface area contributed by atoms with Gasteiger partial charge < -0.3 is 137 Å². The minimum Gasteiger partial charge on any atom is -0.479 e.